The van der Waals surface area contributed by atoms with Gasteiger partial charge >= 0.3 is 0 Å². The number of hydrogen-bond donors (Lipinski definition) is 0. The summed E-state index contributed by atoms with van der Waals surface area (Å²) in [7, 11) is 0. The molecule has 0 aliphatic carbocycles. The van der Waals surface area contributed by atoms with E-state index in [0.717, 1.165) is 6.07 Å². The molecule has 0 spiro atoms. The smallest absolute Gasteiger partial charge is 0.137 e. The molecule has 0 N–H and O–H groups in total. The molecule has 1 atom stereocenters. The molecule has 2 aromatic rings. The summed E-state index contributed by atoms with van der Waals surface area (Å²) >= 11 is 6.46. The molecule has 2 aromatic carbocycles. The maximum atomic E-state index is 13.8. The molecule has 0 heterocycles. The summed E-state index contributed by atoms with van der Waals surface area (Å²) in [4.78, 5) is -0.558. The summed E-state index contributed by atoms with van der Waals surface area (Å²) in [6, 6.07) is 6.77. The van der Waals surface area contributed by atoms with E-state index in [1.54, 1.807) is 13.0 Å². The normalized spacial score (nSPS) is 12.5. The molecular weight excluding hydrogens is 385 g/mol. The molecule has 0 radical (unpaired) electrons. The van der Waals surface area contributed by atoms with Crippen LogP contribution in [0.25, 0.3) is 0 Å². The van der Waals surface area contributed by atoms with Crippen LogP contribution in [0.1, 0.15) is 21.5 Å². The van der Waals surface area contributed by atoms with E-state index in [1.165, 1.54) is 18.2 Å². The van der Waals surface area contributed by atoms with Crippen LogP contribution in [0.4, 0.5) is 13.2 Å². The van der Waals surface area contributed by atoms with E-state index in [9.17, 15) is 13.2 Å². The van der Waals surface area contributed by atoms with Gasteiger partial charge in [-0.3, -0.25) is 0 Å². The Kier molecular flexibility index (Phi) is 4.36. The minimum absolute atomic E-state index is 0.262. The second kappa shape index (κ2) is 5.67. The lowest BCUT2D eigenvalue weighted by atomic mass is 10.0. The van der Waals surface area contributed by atoms with Gasteiger partial charge in [0.1, 0.15) is 17.5 Å². The summed E-state index contributed by atoms with van der Waals surface area (Å²) in [6.07, 6.45) is 0. The van der Waals surface area contributed by atoms with Crippen molar-refractivity contribution < 1.29 is 13.2 Å². The maximum absolute atomic E-state index is 13.8. The average molecular weight is 394 g/mol. The van der Waals surface area contributed by atoms with Crippen molar-refractivity contribution in [2.75, 3.05) is 0 Å². The van der Waals surface area contributed by atoms with Crippen LogP contribution < -0.4 is 0 Å². The molecule has 5 heteroatoms. The largest absolute Gasteiger partial charge is 0.207 e. The highest BCUT2D eigenvalue weighted by Gasteiger charge is 2.20. The predicted molar refractivity (Wildman–Crippen MR) is 76.0 cm³/mol. The summed E-state index contributed by atoms with van der Waals surface area (Å²) in [5.74, 6) is -1.69. The highest BCUT2D eigenvalue weighted by Crippen LogP contribution is 2.38. The van der Waals surface area contributed by atoms with Gasteiger partial charge in [0.2, 0.25) is 0 Å². The Labute approximate surface area is 125 Å². The Balaban J connectivity index is 2.53. The molecular formula is C14H9Br2F3. The fourth-order valence-corrected chi connectivity index (χ4v) is 3.29. The number of halogens is 5. The zero-order chi connectivity index (χ0) is 14.2. The van der Waals surface area contributed by atoms with Crippen LogP contribution in [0.15, 0.2) is 34.8 Å². The number of hydrogen-bond acceptors (Lipinski definition) is 0. The Morgan fingerprint density at radius 1 is 0.947 bits per heavy atom. The molecule has 0 fully saturated rings. The molecule has 0 amide bonds. The molecule has 0 nitrogen and oxygen atoms in total. The third-order valence-corrected chi connectivity index (χ3v) is 4.63. The Morgan fingerprint density at radius 3 is 2.32 bits per heavy atom. The third-order valence-electron chi connectivity index (χ3n) is 2.81. The first-order chi connectivity index (χ1) is 8.91. The molecule has 19 heavy (non-hydrogen) atoms. The molecule has 0 aliphatic rings. The Morgan fingerprint density at radius 2 is 1.63 bits per heavy atom. The van der Waals surface area contributed by atoms with Gasteiger partial charge in [-0.15, -0.1) is 0 Å². The molecule has 1 unspecified atom stereocenters. The van der Waals surface area contributed by atoms with Gasteiger partial charge in [-0.25, -0.2) is 13.2 Å². The van der Waals surface area contributed by atoms with Crippen molar-refractivity contribution in [1.82, 2.24) is 0 Å². The highest BCUT2D eigenvalue weighted by molar-refractivity contribution is 9.11. The average Bonchev–Trinajstić information content (AvgIpc) is 2.36. The van der Waals surface area contributed by atoms with Crippen LogP contribution in [0.5, 0.6) is 0 Å². The van der Waals surface area contributed by atoms with Crippen LogP contribution in [0.2, 0.25) is 0 Å². The van der Waals surface area contributed by atoms with E-state index in [1.807, 2.05) is 0 Å². The van der Waals surface area contributed by atoms with Gasteiger partial charge in [-0.1, -0.05) is 28.1 Å². The van der Waals surface area contributed by atoms with E-state index in [-0.39, 0.29) is 10.0 Å². The van der Waals surface area contributed by atoms with Crippen LogP contribution in [0.3, 0.4) is 0 Å². The summed E-state index contributed by atoms with van der Waals surface area (Å²) in [6.45, 7) is 1.55. The van der Waals surface area contributed by atoms with Gasteiger partial charge in [0.15, 0.2) is 0 Å². The number of rotatable bonds is 2. The highest BCUT2D eigenvalue weighted by atomic mass is 79.9. The second-order valence-electron chi connectivity index (χ2n) is 4.13. The fraction of sp³-hybridized carbons (Fsp3) is 0.143. The minimum Gasteiger partial charge on any atom is -0.207 e. The molecule has 0 aliphatic heterocycles. The lowest BCUT2D eigenvalue weighted by Gasteiger charge is -2.15. The van der Waals surface area contributed by atoms with Crippen molar-refractivity contribution in [3.8, 4) is 0 Å². The van der Waals surface area contributed by atoms with E-state index >= 15 is 0 Å². The van der Waals surface area contributed by atoms with Gasteiger partial charge in [-0.2, -0.15) is 0 Å². The van der Waals surface area contributed by atoms with Crippen LogP contribution in [-0.4, -0.2) is 0 Å². The molecule has 100 valence electrons. The van der Waals surface area contributed by atoms with Gasteiger partial charge in [-0.05, 0) is 46.1 Å². The lowest BCUT2D eigenvalue weighted by Crippen LogP contribution is -2.01. The standard InChI is InChI=1S/C14H9Br2F3/c1-7-5-9(12(19)6-11(7)18)13(15)8-3-2-4-10(17)14(8)16/h2-6,13H,1H3. The van der Waals surface area contributed by atoms with Crippen LogP contribution in [0, 0.1) is 24.4 Å². The molecule has 0 saturated carbocycles. The summed E-state index contributed by atoms with van der Waals surface area (Å²) < 4.78 is 40.8. The molecule has 0 aromatic heterocycles. The summed E-state index contributed by atoms with van der Waals surface area (Å²) in [5.41, 5.74) is 1.16. The first-order valence-electron chi connectivity index (χ1n) is 5.45. The van der Waals surface area contributed by atoms with Crippen molar-refractivity contribution in [2.45, 2.75) is 11.8 Å². The molecule has 2 rings (SSSR count). The second-order valence-corrected chi connectivity index (χ2v) is 5.84. The predicted octanol–water partition coefficient (Wildman–Crippen LogP) is 5.66. The quantitative estimate of drug-likeness (QED) is 0.577. The van der Waals surface area contributed by atoms with Crippen molar-refractivity contribution in [2.24, 2.45) is 0 Å². The van der Waals surface area contributed by atoms with Crippen molar-refractivity contribution in [3.05, 3.63) is 68.9 Å². The van der Waals surface area contributed by atoms with E-state index in [4.69, 9.17) is 0 Å². The van der Waals surface area contributed by atoms with Crippen molar-refractivity contribution >= 4 is 31.9 Å². The van der Waals surface area contributed by atoms with E-state index in [2.05, 4.69) is 31.9 Å². The van der Waals surface area contributed by atoms with Crippen LogP contribution in [-0.2, 0) is 0 Å². The zero-order valence-corrected chi connectivity index (χ0v) is 13.0. The number of aryl methyl sites for hydroxylation is 1. The van der Waals surface area contributed by atoms with Gasteiger partial charge in [0.05, 0.1) is 9.30 Å². The van der Waals surface area contributed by atoms with Gasteiger partial charge in [0.25, 0.3) is 0 Å². The lowest BCUT2D eigenvalue weighted by molar-refractivity contribution is 0.568. The summed E-state index contributed by atoms with van der Waals surface area (Å²) in [5, 5.41) is 0. The van der Waals surface area contributed by atoms with Crippen molar-refractivity contribution in [3.63, 3.8) is 0 Å². The Bertz CT molecular complexity index is 626. The monoisotopic (exact) mass is 392 g/mol. The van der Waals surface area contributed by atoms with Gasteiger partial charge in [0, 0.05) is 11.6 Å². The fourth-order valence-electron chi connectivity index (χ4n) is 1.76. The number of benzene rings is 2. The van der Waals surface area contributed by atoms with Crippen molar-refractivity contribution in [1.29, 1.82) is 0 Å². The molecule has 0 saturated heterocycles. The molecule has 0 bridgehead atoms. The minimum atomic E-state index is -0.666. The number of alkyl halides is 1. The van der Waals surface area contributed by atoms with Crippen LogP contribution >= 0.6 is 31.9 Å². The Hall–Kier alpha value is -0.810. The van der Waals surface area contributed by atoms with E-state index in [0.29, 0.717) is 11.1 Å². The first kappa shape index (κ1) is 14.6. The first-order valence-corrected chi connectivity index (χ1v) is 7.16. The third kappa shape index (κ3) is 2.87. The van der Waals surface area contributed by atoms with E-state index < -0.39 is 22.3 Å². The topological polar surface area (TPSA) is 0 Å². The maximum Gasteiger partial charge on any atom is 0.137 e. The van der Waals surface area contributed by atoms with Gasteiger partial charge < -0.3 is 0 Å². The SMILES string of the molecule is Cc1cc(C(Br)c2cccc(F)c2Br)c(F)cc1F. The zero-order valence-electron chi connectivity index (χ0n) is 9.85.